The monoisotopic (exact) mass is 178 g/mol. The molecule has 0 amide bonds. The number of hydrogen-bond acceptors (Lipinski definition) is 2. The zero-order chi connectivity index (χ0) is 9.84. The van der Waals surface area contributed by atoms with Gasteiger partial charge in [0.05, 0.1) is 17.3 Å². The van der Waals surface area contributed by atoms with Crippen LogP contribution in [-0.2, 0) is 0 Å². The maximum atomic E-state index is 13.2. The molecule has 0 fully saturated rings. The van der Waals surface area contributed by atoms with E-state index < -0.39 is 0 Å². The molecule has 0 aromatic heterocycles. The highest BCUT2D eigenvalue weighted by Gasteiger charge is 2.03. The number of nitrogens with one attached hydrogen (secondary N) is 1. The van der Waals surface area contributed by atoms with E-state index in [1.807, 2.05) is 19.9 Å². The first kappa shape index (κ1) is 9.53. The van der Waals surface area contributed by atoms with Crippen molar-refractivity contribution in [3.05, 3.63) is 29.6 Å². The summed E-state index contributed by atoms with van der Waals surface area (Å²) in [5, 5.41) is 11.4. The van der Waals surface area contributed by atoms with Crippen molar-refractivity contribution >= 4 is 5.69 Å². The Kier molecular flexibility index (Phi) is 2.86. The Balaban J connectivity index is 2.93. The molecular formula is C10H11FN2. The maximum absolute atomic E-state index is 13.2. The minimum absolute atomic E-state index is 0.183. The van der Waals surface area contributed by atoms with E-state index in [1.165, 1.54) is 6.07 Å². The van der Waals surface area contributed by atoms with Crippen molar-refractivity contribution in [2.24, 2.45) is 0 Å². The first-order valence-corrected chi connectivity index (χ1v) is 4.09. The first-order chi connectivity index (χ1) is 6.13. The van der Waals surface area contributed by atoms with E-state index in [1.54, 1.807) is 12.1 Å². The second-order valence-corrected chi connectivity index (χ2v) is 3.11. The second kappa shape index (κ2) is 3.90. The molecule has 0 aliphatic carbocycles. The SMILES string of the molecule is CC(C)Nc1ccc(C#N)cc1F. The smallest absolute Gasteiger partial charge is 0.147 e. The highest BCUT2D eigenvalue weighted by Crippen LogP contribution is 2.15. The van der Waals surface area contributed by atoms with Gasteiger partial charge in [0.1, 0.15) is 5.82 Å². The van der Waals surface area contributed by atoms with Gasteiger partial charge in [-0.2, -0.15) is 5.26 Å². The van der Waals surface area contributed by atoms with E-state index in [0.29, 0.717) is 11.3 Å². The number of anilines is 1. The van der Waals surface area contributed by atoms with E-state index in [4.69, 9.17) is 5.26 Å². The molecule has 0 radical (unpaired) electrons. The van der Waals surface area contributed by atoms with Gasteiger partial charge in [0, 0.05) is 6.04 Å². The number of hydrogen-bond donors (Lipinski definition) is 1. The van der Waals surface area contributed by atoms with Crippen molar-refractivity contribution in [2.45, 2.75) is 19.9 Å². The van der Waals surface area contributed by atoms with Crippen molar-refractivity contribution in [1.29, 1.82) is 5.26 Å². The summed E-state index contributed by atoms with van der Waals surface area (Å²) >= 11 is 0. The molecule has 2 nitrogen and oxygen atoms in total. The van der Waals surface area contributed by atoms with Crippen LogP contribution in [0.25, 0.3) is 0 Å². The molecule has 13 heavy (non-hydrogen) atoms. The largest absolute Gasteiger partial charge is 0.381 e. The molecule has 1 N–H and O–H groups in total. The molecule has 1 aromatic carbocycles. The predicted octanol–water partition coefficient (Wildman–Crippen LogP) is 2.52. The van der Waals surface area contributed by atoms with Gasteiger partial charge in [-0.3, -0.25) is 0 Å². The highest BCUT2D eigenvalue weighted by atomic mass is 19.1. The third-order valence-electron chi connectivity index (χ3n) is 1.54. The number of benzene rings is 1. The predicted molar refractivity (Wildman–Crippen MR) is 49.9 cm³/mol. The van der Waals surface area contributed by atoms with Gasteiger partial charge >= 0.3 is 0 Å². The summed E-state index contributed by atoms with van der Waals surface area (Å²) in [6.07, 6.45) is 0. The zero-order valence-electron chi connectivity index (χ0n) is 7.63. The van der Waals surface area contributed by atoms with Gasteiger partial charge in [-0.05, 0) is 32.0 Å². The molecule has 3 heteroatoms. The standard InChI is InChI=1S/C10H11FN2/c1-7(2)13-10-4-3-8(6-12)5-9(10)11/h3-5,7,13H,1-2H3. The summed E-state index contributed by atoms with van der Waals surface area (Å²) in [6.45, 7) is 3.86. The Bertz CT molecular complexity index is 339. The molecule has 0 spiro atoms. The van der Waals surface area contributed by atoms with Crippen LogP contribution >= 0.6 is 0 Å². The van der Waals surface area contributed by atoms with E-state index in [0.717, 1.165) is 0 Å². The van der Waals surface area contributed by atoms with Gasteiger partial charge in [-0.25, -0.2) is 4.39 Å². The lowest BCUT2D eigenvalue weighted by molar-refractivity contribution is 0.627. The van der Waals surface area contributed by atoms with Gasteiger partial charge in [-0.1, -0.05) is 0 Å². The zero-order valence-corrected chi connectivity index (χ0v) is 7.63. The van der Waals surface area contributed by atoms with Crippen LogP contribution in [0.3, 0.4) is 0 Å². The molecule has 1 aromatic rings. The van der Waals surface area contributed by atoms with Crippen molar-refractivity contribution < 1.29 is 4.39 Å². The molecule has 0 saturated carbocycles. The molecule has 0 aliphatic heterocycles. The summed E-state index contributed by atoms with van der Waals surface area (Å²) in [5.74, 6) is -0.382. The van der Waals surface area contributed by atoms with Gasteiger partial charge in [-0.15, -0.1) is 0 Å². The fourth-order valence-electron chi connectivity index (χ4n) is 1.01. The van der Waals surface area contributed by atoms with Crippen LogP contribution in [0.2, 0.25) is 0 Å². The van der Waals surface area contributed by atoms with E-state index in [-0.39, 0.29) is 11.9 Å². The van der Waals surface area contributed by atoms with Gasteiger partial charge < -0.3 is 5.32 Å². The molecule has 1 rings (SSSR count). The molecule has 0 saturated heterocycles. The van der Waals surface area contributed by atoms with Crippen LogP contribution < -0.4 is 5.32 Å². The summed E-state index contributed by atoms with van der Waals surface area (Å²) in [4.78, 5) is 0. The lowest BCUT2D eigenvalue weighted by Gasteiger charge is -2.10. The molecule has 0 unspecified atom stereocenters. The molecule has 0 atom stereocenters. The lowest BCUT2D eigenvalue weighted by atomic mass is 10.2. The van der Waals surface area contributed by atoms with Crippen molar-refractivity contribution in [1.82, 2.24) is 0 Å². The van der Waals surface area contributed by atoms with Crippen molar-refractivity contribution in [3.8, 4) is 6.07 Å². The van der Waals surface area contributed by atoms with Crippen LogP contribution in [0.5, 0.6) is 0 Å². The van der Waals surface area contributed by atoms with E-state index >= 15 is 0 Å². The topological polar surface area (TPSA) is 35.8 Å². The maximum Gasteiger partial charge on any atom is 0.147 e. The molecule has 0 heterocycles. The number of nitrogens with zero attached hydrogens (tertiary/aromatic N) is 1. The molecule has 68 valence electrons. The van der Waals surface area contributed by atoms with Gasteiger partial charge in [0.2, 0.25) is 0 Å². The first-order valence-electron chi connectivity index (χ1n) is 4.09. The van der Waals surface area contributed by atoms with Crippen LogP contribution in [0.15, 0.2) is 18.2 Å². The Labute approximate surface area is 77.0 Å². The number of halogens is 1. The van der Waals surface area contributed by atoms with E-state index in [9.17, 15) is 4.39 Å². The lowest BCUT2D eigenvalue weighted by Crippen LogP contribution is -2.10. The Hall–Kier alpha value is -1.56. The van der Waals surface area contributed by atoms with E-state index in [2.05, 4.69) is 5.32 Å². The summed E-state index contributed by atoms with van der Waals surface area (Å²) < 4.78 is 13.2. The average molecular weight is 178 g/mol. The minimum atomic E-state index is -0.382. The van der Waals surface area contributed by atoms with Crippen LogP contribution in [0.1, 0.15) is 19.4 Å². The number of nitriles is 1. The average Bonchev–Trinajstić information content (AvgIpc) is 2.08. The molecule has 0 aliphatic rings. The minimum Gasteiger partial charge on any atom is -0.381 e. The fourth-order valence-corrected chi connectivity index (χ4v) is 1.01. The summed E-state index contributed by atoms with van der Waals surface area (Å²) in [7, 11) is 0. The fraction of sp³-hybridized carbons (Fsp3) is 0.300. The molecule has 0 bridgehead atoms. The third kappa shape index (κ3) is 2.45. The summed E-state index contributed by atoms with van der Waals surface area (Å²) in [6, 6.07) is 6.46. The van der Waals surface area contributed by atoms with Crippen molar-refractivity contribution in [2.75, 3.05) is 5.32 Å². The van der Waals surface area contributed by atoms with Gasteiger partial charge in [0.15, 0.2) is 0 Å². The Morgan fingerprint density at radius 3 is 2.62 bits per heavy atom. The van der Waals surface area contributed by atoms with Crippen LogP contribution in [-0.4, -0.2) is 6.04 Å². The normalized spacial score (nSPS) is 9.77. The molecular weight excluding hydrogens is 167 g/mol. The number of rotatable bonds is 2. The Morgan fingerprint density at radius 2 is 2.15 bits per heavy atom. The summed E-state index contributed by atoms with van der Waals surface area (Å²) in [5.41, 5.74) is 0.779. The van der Waals surface area contributed by atoms with Gasteiger partial charge in [0.25, 0.3) is 0 Å². The second-order valence-electron chi connectivity index (χ2n) is 3.11. The van der Waals surface area contributed by atoms with Crippen LogP contribution in [0.4, 0.5) is 10.1 Å². The third-order valence-corrected chi connectivity index (χ3v) is 1.54. The van der Waals surface area contributed by atoms with Crippen molar-refractivity contribution in [3.63, 3.8) is 0 Å². The quantitative estimate of drug-likeness (QED) is 0.755. The van der Waals surface area contributed by atoms with Crippen LogP contribution in [0, 0.1) is 17.1 Å². The Morgan fingerprint density at radius 1 is 1.46 bits per heavy atom. The highest BCUT2D eigenvalue weighted by molar-refractivity contribution is 5.49.